The molecule has 0 aromatic heterocycles. The van der Waals surface area contributed by atoms with E-state index in [2.05, 4.69) is 0 Å². The maximum absolute atomic E-state index is 10.3. The topological polar surface area (TPSA) is 138 Å². The van der Waals surface area contributed by atoms with Crippen LogP contribution in [0.3, 0.4) is 0 Å². The molecule has 0 radical (unpaired) electrons. The lowest BCUT2D eigenvalue weighted by atomic mass is 9.88. The Morgan fingerprint density at radius 3 is 2.57 bits per heavy atom. The predicted molar refractivity (Wildman–Crippen MR) is 103 cm³/mol. The molecule has 168 valence electrons. The summed E-state index contributed by atoms with van der Waals surface area (Å²) in [5.41, 5.74) is 0.793. The van der Waals surface area contributed by atoms with E-state index in [1.807, 2.05) is 6.07 Å². The SMILES string of the molecule is COc1ccc([C@H]2C[C@@H](O[C@@H]3O[C@H](CO)[C@H](O)[C@H](O)[C@H]3O)[C@@H]3CCC[C@H]3O2)cc1O. The first-order chi connectivity index (χ1) is 14.4. The van der Waals surface area contributed by atoms with Crippen molar-refractivity contribution in [1.82, 2.24) is 0 Å². The van der Waals surface area contributed by atoms with Gasteiger partial charge in [0, 0.05) is 12.3 Å². The lowest BCUT2D eigenvalue weighted by Crippen LogP contribution is -2.60. The molecule has 1 aliphatic carbocycles. The second kappa shape index (κ2) is 8.96. The molecule has 5 N–H and O–H groups in total. The molecule has 3 aliphatic rings. The van der Waals surface area contributed by atoms with Gasteiger partial charge in [-0.2, -0.15) is 0 Å². The summed E-state index contributed by atoms with van der Waals surface area (Å²) in [4.78, 5) is 0. The summed E-state index contributed by atoms with van der Waals surface area (Å²) < 4.78 is 23.0. The number of methoxy groups -OCH3 is 1. The van der Waals surface area contributed by atoms with Crippen LogP contribution in [0.1, 0.15) is 37.4 Å². The van der Waals surface area contributed by atoms with Crippen LogP contribution in [0.4, 0.5) is 0 Å². The third-order valence-electron chi connectivity index (χ3n) is 6.50. The first-order valence-corrected chi connectivity index (χ1v) is 10.4. The first-order valence-electron chi connectivity index (χ1n) is 10.4. The van der Waals surface area contributed by atoms with E-state index in [1.165, 1.54) is 7.11 Å². The lowest BCUT2D eigenvalue weighted by Gasteiger charge is -2.44. The van der Waals surface area contributed by atoms with Crippen LogP contribution in [0, 0.1) is 5.92 Å². The molecule has 1 aromatic carbocycles. The van der Waals surface area contributed by atoms with Gasteiger partial charge in [0.1, 0.15) is 24.4 Å². The molecule has 0 spiro atoms. The van der Waals surface area contributed by atoms with Crippen molar-refractivity contribution in [2.75, 3.05) is 13.7 Å². The van der Waals surface area contributed by atoms with Crippen molar-refractivity contribution < 1.29 is 44.5 Å². The number of rotatable bonds is 5. The second-order valence-electron chi connectivity index (χ2n) is 8.30. The third-order valence-corrected chi connectivity index (χ3v) is 6.50. The Bertz CT molecular complexity index is 726. The molecule has 0 bridgehead atoms. The van der Waals surface area contributed by atoms with Crippen molar-refractivity contribution in [3.8, 4) is 11.5 Å². The maximum Gasteiger partial charge on any atom is 0.186 e. The van der Waals surface area contributed by atoms with Gasteiger partial charge in [0.25, 0.3) is 0 Å². The lowest BCUT2D eigenvalue weighted by molar-refractivity contribution is -0.323. The van der Waals surface area contributed by atoms with Crippen molar-refractivity contribution >= 4 is 0 Å². The molecule has 9 nitrogen and oxygen atoms in total. The molecule has 9 heteroatoms. The summed E-state index contributed by atoms with van der Waals surface area (Å²) in [6.07, 6.45) is -3.92. The average molecular weight is 426 g/mol. The highest BCUT2D eigenvalue weighted by atomic mass is 16.7. The number of phenols is 1. The zero-order valence-corrected chi connectivity index (χ0v) is 16.8. The zero-order chi connectivity index (χ0) is 21.4. The van der Waals surface area contributed by atoms with Gasteiger partial charge in [-0.05, 0) is 30.5 Å². The van der Waals surface area contributed by atoms with Gasteiger partial charge in [0.15, 0.2) is 17.8 Å². The summed E-state index contributed by atoms with van der Waals surface area (Å²) in [5, 5.41) is 49.9. The number of fused-ring (bicyclic) bond motifs is 1. The smallest absolute Gasteiger partial charge is 0.186 e. The molecule has 2 aliphatic heterocycles. The number of aliphatic hydroxyl groups is 4. The highest BCUT2D eigenvalue weighted by Gasteiger charge is 2.48. The van der Waals surface area contributed by atoms with Gasteiger partial charge >= 0.3 is 0 Å². The highest BCUT2D eigenvalue weighted by molar-refractivity contribution is 5.42. The van der Waals surface area contributed by atoms with E-state index in [4.69, 9.17) is 18.9 Å². The number of hydrogen-bond acceptors (Lipinski definition) is 9. The first kappa shape index (κ1) is 21.8. The van der Waals surface area contributed by atoms with E-state index in [1.54, 1.807) is 12.1 Å². The summed E-state index contributed by atoms with van der Waals surface area (Å²) in [7, 11) is 1.49. The normalized spacial score (nSPS) is 41.4. The quantitative estimate of drug-likeness (QED) is 0.447. The number of phenolic OH excluding ortho intramolecular Hbond substituents is 1. The fourth-order valence-electron chi connectivity index (χ4n) is 4.83. The molecule has 4 rings (SSSR count). The van der Waals surface area contributed by atoms with E-state index in [-0.39, 0.29) is 30.0 Å². The Labute approximate surface area is 174 Å². The zero-order valence-electron chi connectivity index (χ0n) is 16.8. The molecule has 2 saturated heterocycles. The molecular weight excluding hydrogens is 396 g/mol. The van der Waals surface area contributed by atoms with Crippen LogP contribution in [0.5, 0.6) is 11.5 Å². The average Bonchev–Trinajstić information content (AvgIpc) is 3.23. The summed E-state index contributed by atoms with van der Waals surface area (Å²) >= 11 is 0. The number of ether oxygens (including phenoxy) is 4. The van der Waals surface area contributed by atoms with Crippen LogP contribution in [0.2, 0.25) is 0 Å². The van der Waals surface area contributed by atoms with Gasteiger partial charge in [0.05, 0.1) is 32.0 Å². The minimum absolute atomic E-state index is 0.0251. The summed E-state index contributed by atoms with van der Waals surface area (Å²) in [6.45, 7) is -0.502. The fourth-order valence-corrected chi connectivity index (χ4v) is 4.83. The predicted octanol–water partition coefficient (Wildman–Crippen LogP) is 0.216. The molecular formula is C21H30O9. The number of hydrogen-bond donors (Lipinski definition) is 5. The number of aliphatic hydroxyl groups excluding tert-OH is 4. The van der Waals surface area contributed by atoms with Crippen molar-refractivity contribution in [3.63, 3.8) is 0 Å². The molecule has 1 aromatic rings. The number of benzene rings is 1. The van der Waals surface area contributed by atoms with Crippen molar-refractivity contribution in [1.29, 1.82) is 0 Å². The van der Waals surface area contributed by atoms with Gasteiger partial charge in [-0.3, -0.25) is 0 Å². The molecule has 0 amide bonds. The minimum Gasteiger partial charge on any atom is -0.504 e. The van der Waals surface area contributed by atoms with Gasteiger partial charge in [-0.1, -0.05) is 12.5 Å². The van der Waals surface area contributed by atoms with Gasteiger partial charge in [-0.25, -0.2) is 0 Å². The Kier molecular flexibility index (Phi) is 6.50. The van der Waals surface area contributed by atoms with Crippen LogP contribution in [-0.2, 0) is 14.2 Å². The molecule has 9 atom stereocenters. The molecule has 1 saturated carbocycles. The molecule has 30 heavy (non-hydrogen) atoms. The van der Waals surface area contributed by atoms with E-state index in [0.29, 0.717) is 12.2 Å². The standard InChI is InChI=1S/C21H30O9/c1-27-14-6-5-10(7-12(14)23)15-8-16(11-3-2-4-13(11)28-15)29-21-20(26)19(25)18(24)17(9-22)30-21/h5-7,11,13,15-26H,2-4,8-9H2,1H3/t11-,13-,15-,16-,17-,18+,19+,20-,21-/m1/s1. The van der Waals surface area contributed by atoms with Crippen molar-refractivity contribution in [2.24, 2.45) is 5.92 Å². The minimum atomic E-state index is -1.48. The molecule has 3 fully saturated rings. The third kappa shape index (κ3) is 4.03. The monoisotopic (exact) mass is 426 g/mol. The summed E-state index contributed by atoms with van der Waals surface area (Å²) in [6, 6.07) is 5.13. The van der Waals surface area contributed by atoms with E-state index >= 15 is 0 Å². The second-order valence-corrected chi connectivity index (χ2v) is 8.30. The molecule has 0 unspecified atom stereocenters. The largest absolute Gasteiger partial charge is 0.504 e. The van der Waals surface area contributed by atoms with Gasteiger partial charge in [-0.15, -0.1) is 0 Å². The number of aromatic hydroxyl groups is 1. The van der Waals surface area contributed by atoms with Gasteiger partial charge in [0.2, 0.25) is 0 Å². The van der Waals surface area contributed by atoms with Crippen LogP contribution < -0.4 is 4.74 Å². The Morgan fingerprint density at radius 2 is 1.87 bits per heavy atom. The Morgan fingerprint density at radius 1 is 1.07 bits per heavy atom. The fraction of sp³-hybridized carbons (Fsp3) is 0.714. The van der Waals surface area contributed by atoms with Crippen molar-refractivity contribution in [2.45, 2.75) is 74.7 Å². The van der Waals surface area contributed by atoms with E-state index < -0.39 is 37.3 Å². The Balaban J connectivity index is 1.52. The van der Waals surface area contributed by atoms with Crippen LogP contribution in [0.15, 0.2) is 18.2 Å². The Hall–Kier alpha value is -1.46. The van der Waals surface area contributed by atoms with Gasteiger partial charge < -0.3 is 44.5 Å². The van der Waals surface area contributed by atoms with Crippen LogP contribution in [0.25, 0.3) is 0 Å². The summed E-state index contributed by atoms with van der Waals surface area (Å²) in [5.74, 6) is 0.515. The van der Waals surface area contributed by atoms with Crippen LogP contribution >= 0.6 is 0 Å². The van der Waals surface area contributed by atoms with E-state index in [0.717, 1.165) is 24.8 Å². The van der Waals surface area contributed by atoms with Crippen LogP contribution in [-0.4, -0.2) is 82.2 Å². The van der Waals surface area contributed by atoms with Crippen molar-refractivity contribution in [3.05, 3.63) is 23.8 Å². The maximum atomic E-state index is 10.3. The van der Waals surface area contributed by atoms with E-state index in [9.17, 15) is 25.5 Å². The molecule has 2 heterocycles. The highest BCUT2D eigenvalue weighted by Crippen LogP contribution is 2.45.